The molecule has 0 spiro atoms. The maximum absolute atomic E-state index is 12.0. The van der Waals surface area contributed by atoms with Crippen LogP contribution in [0.1, 0.15) is 0 Å². The molecule has 0 radical (unpaired) electrons. The minimum absolute atomic E-state index is 0.0175. The van der Waals surface area contributed by atoms with E-state index < -0.39 is 4.92 Å². The van der Waals surface area contributed by atoms with Crippen LogP contribution < -0.4 is 11.1 Å². The van der Waals surface area contributed by atoms with Crippen LogP contribution >= 0.6 is 23.1 Å². The second kappa shape index (κ2) is 6.85. The van der Waals surface area contributed by atoms with E-state index in [1.54, 1.807) is 6.07 Å². The zero-order chi connectivity index (χ0) is 17.1. The molecule has 1 heterocycles. The van der Waals surface area contributed by atoms with Crippen molar-refractivity contribution in [2.24, 2.45) is 0 Å². The van der Waals surface area contributed by atoms with Gasteiger partial charge in [0.05, 0.1) is 20.9 Å². The number of nitrogen functional groups attached to an aromatic ring is 1. The Labute approximate surface area is 145 Å². The molecule has 24 heavy (non-hydrogen) atoms. The number of anilines is 2. The molecule has 0 aliphatic heterocycles. The number of thioether (sulfide) groups is 1. The van der Waals surface area contributed by atoms with Crippen molar-refractivity contribution in [3.05, 3.63) is 52.6 Å². The highest BCUT2D eigenvalue weighted by molar-refractivity contribution is 8.01. The number of nitrogens with zero attached hydrogens (tertiary/aromatic N) is 2. The van der Waals surface area contributed by atoms with Crippen LogP contribution in [0.4, 0.5) is 17.1 Å². The molecule has 3 aromatic rings. The second-order valence-corrected chi connectivity index (χ2v) is 7.10. The van der Waals surface area contributed by atoms with Crippen LogP contribution in [0.3, 0.4) is 0 Å². The molecule has 1 amide bonds. The van der Waals surface area contributed by atoms with Gasteiger partial charge in [-0.25, -0.2) is 4.98 Å². The minimum Gasteiger partial charge on any atom is -0.399 e. The molecule has 0 bridgehead atoms. The summed E-state index contributed by atoms with van der Waals surface area (Å²) in [6, 6.07) is 11.2. The van der Waals surface area contributed by atoms with Crippen LogP contribution in [-0.2, 0) is 4.79 Å². The Balaban J connectivity index is 1.59. The Hall–Kier alpha value is -2.65. The van der Waals surface area contributed by atoms with Gasteiger partial charge in [-0.3, -0.25) is 14.9 Å². The predicted octanol–water partition coefficient (Wildman–Crippen LogP) is 3.52. The molecular weight excluding hydrogens is 348 g/mol. The Bertz CT molecular complexity index is 909. The second-order valence-electron chi connectivity index (χ2n) is 4.85. The third-order valence-corrected chi connectivity index (χ3v) is 5.24. The van der Waals surface area contributed by atoms with E-state index in [4.69, 9.17) is 5.73 Å². The van der Waals surface area contributed by atoms with E-state index >= 15 is 0 Å². The van der Waals surface area contributed by atoms with E-state index in [0.717, 1.165) is 14.6 Å². The summed E-state index contributed by atoms with van der Waals surface area (Å²) in [5.74, 6) is -0.000589. The van der Waals surface area contributed by atoms with Crippen LogP contribution in [0.2, 0.25) is 0 Å². The topological polar surface area (TPSA) is 111 Å². The molecule has 7 nitrogen and oxygen atoms in total. The highest BCUT2D eigenvalue weighted by Crippen LogP contribution is 2.30. The molecule has 0 saturated carbocycles. The first-order chi connectivity index (χ1) is 11.5. The number of non-ortho nitro benzene ring substituents is 1. The van der Waals surface area contributed by atoms with Crippen molar-refractivity contribution in [3.8, 4) is 0 Å². The average molecular weight is 360 g/mol. The maximum Gasteiger partial charge on any atom is 0.269 e. The molecule has 0 unspecified atom stereocenters. The normalized spacial score (nSPS) is 10.7. The van der Waals surface area contributed by atoms with Crippen LogP contribution in [0.15, 0.2) is 46.8 Å². The van der Waals surface area contributed by atoms with Gasteiger partial charge < -0.3 is 11.1 Å². The zero-order valence-corrected chi connectivity index (χ0v) is 13.9. The molecule has 2 aromatic carbocycles. The summed E-state index contributed by atoms with van der Waals surface area (Å²) in [7, 11) is 0. The molecule has 0 fully saturated rings. The quantitative estimate of drug-likeness (QED) is 0.312. The van der Waals surface area contributed by atoms with Crippen LogP contribution in [-0.4, -0.2) is 21.6 Å². The summed E-state index contributed by atoms with van der Waals surface area (Å²) in [4.78, 5) is 26.5. The van der Waals surface area contributed by atoms with Gasteiger partial charge in [0.25, 0.3) is 5.69 Å². The van der Waals surface area contributed by atoms with E-state index in [-0.39, 0.29) is 17.3 Å². The van der Waals surface area contributed by atoms with E-state index in [1.807, 2.05) is 12.1 Å². The number of hydrogen-bond acceptors (Lipinski definition) is 7. The SMILES string of the molecule is Nc1ccc2nc(SCC(=O)Nc3ccc([N+](=O)[O-])cc3)sc2c1. The Morgan fingerprint density at radius 2 is 2.04 bits per heavy atom. The lowest BCUT2D eigenvalue weighted by atomic mass is 10.3. The van der Waals surface area contributed by atoms with E-state index in [2.05, 4.69) is 10.3 Å². The number of nitrogens with two attached hydrogens (primary N) is 1. The number of benzene rings is 2. The Kier molecular flexibility index (Phi) is 4.63. The van der Waals surface area contributed by atoms with Gasteiger partial charge in [0.1, 0.15) is 0 Å². The predicted molar refractivity (Wildman–Crippen MR) is 96.5 cm³/mol. The van der Waals surface area contributed by atoms with Crippen molar-refractivity contribution in [2.45, 2.75) is 4.34 Å². The summed E-state index contributed by atoms with van der Waals surface area (Å²) in [5, 5.41) is 13.3. The number of carbonyl (C=O) groups excluding carboxylic acids is 1. The number of fused-ring (bicyclic) bond motifs is 1. The number of thiazole rings is 1. The van der Waals surface area contributed by atoms with Gasteiger partial charge >= 0.3 is 0 Å². The van der Waals surface area contributed by atoms with E-state index in [0.29, 0.717) is 11.4 Å². The van der Waals surface area contributed by atoms with Gasteiger partial charge in [-0.15, -0.1) is 11.3 Å². The van der Waals surface area contributed by atoms with Gasteiger partial charge in [-0.05, 0) is 30.3 Å². The van der Waals surface area contributed by atoms with Crippen molar-refractivity contribution >= 4 is 56.3 Å². The van der Waals surface area contributed by atoms with Crippen molar-refractivity contribution in [1.29, 1.82) is 0 Å². The van der Waals surface area contributed by atoms with Gasteiger partial charge in [-0.2, -0.15) is 0 Å². The largest absolute Gasteiger partial charge is 0.399 e. The average Bonchev–Trinajstić information content (AvgIpc) is 2.95. The molecule has 3 N–H and O–H groups in total. The Morgan fingerprint density at radius 3 is 2.75 bits per heavy atom. The number of nitro benzene ring substituents is 1. The van der Waals surface area contributed by atoms with Crippen molar-refractivity contribution in [1.82, 2.24) is 4.98 Å². The molecular formula is C15H12N4O3S2. The lowest BCUT2D eigenvalue weighted by Crippen LogP contribution is -2.13. The van der Waals surface area contributed by atoms with Gasteiger partial charge in [-0.1, -0.05) is 11.8 Å². The van der Waals surface area contributed by atoms with Gasteiger partial charge in [0.2, 0.25) is 5.91 Å². The van der Waals surface area contributed by atoms with Crippen LogP contribution in [0.25, 0.3) is 10.2 Å². The first kappa shape index (κ1) is 16.2. The van der Waals surface area contributed by atoms with Crippen molar-refractivity contribution < 1.29 is 9.72 Å². The highest BCUT2D eigenvalue weighted by Gasteiger charge is 2.09. The fourth-order valence-corrected chi connectivity index (χ4v) is 3.89. The number of rotatable bonds is 5. The highest BCUT2D eigenvalue weighted by atomic mass is 32.2. The molecule has 122 valence electrons. The van der Waals surface area contributed by atoms with Crippen molar-refractivity contribution in [3.63, 3.8) is 0 Å². The van der Waals surface area contributed by atoms with Gasteiger partial charge in [0, 0.05) is 23.5 Å². The summed E-state index contributed by atoms with van der Waals surface area (Å²) in [6.07, 6.45) is 0. The third-order valence-electron chi connectivity index (χ3n) is 3.08. The molecule has 0 atom stereocenters. The molecule has 0 aliphatic carbocycles. The summed E-state index contributed by atoms with van der Waals surface area (Å²) >= 11 is 2.82. The lowest BCUT2D eigenvalue weighted by Gasteiger charge is -2.03. The fourth-order valence-electron chi connectivity index (χ4n) is 1.97. The van der Waals surface area contributed by atoms with Crippen molar-refractivity contribution in [2.75, 3.05) is 16.8 Å². The summed E-state index contributed by atoms with van der Waals surface area (Å²) < 4.78 is 1.77. The number of nitro groups is 1. The number of amides is 1. The summed E-state index contributed by atoms with van der Waals surface area (Å²) in [5.41, 5.74) is 7.77. The first-order valence-electron chi connectivity index (χ1n) is 6.84. The van der Waals surface area contributed by atoms with Crippen LogP contribution in [0.5, 0.6) is 0 Å². The molecule has 0 aliphatic rings. The lowest BCUT2D eigenvalue weighted by molar-refractivity contribution is -0.384. The van der Waals surface area contributed by atoms with E-state index in [1.165, 1.54) is 47.4 Å². The number of nitrogens with one attached hydrogen (secondary N) is 1. The molecule has 1 aromatic heterocycles. The first-order valence-corrected chi connectivity index (χ1v) is 8.64. The molecule has 3 rings (SSSR count). The zero-order valence-electron chi connectivity index (χ0n) is 12.3. The van der Waals surface area contributed by atoms with Crippen LogP contribution in [0, 0.1) is 10.1 Å². The van der Waals surface area contributed by atoms with E-state index in [9.17, 15) is 14.9 Å². The maximum atomic E-state index is 12.0. The minimum atomic E-state index is -0.485. The standard InChI is InChI=1S/C15H12N4O3S2/c16-9-1-6-12-13(7-9)24-15(18-12)23-8-14(20)17-10-2-4-11(5-3-10)19(21)22/h1-7H,8,16H2,(H,17,20). The Morgan fingerprint density at radius 1 is 1.29 bits per heavy atom. The van der Waals surface area contributed by atoms with Gasteiger partial charge in [0.15, 0.2) is 4.34 Å². The molecule has 0 saturated heterocycles. The number of carbonyl (C=O) groups is 1. The number of hydrogen-bond donors (Lipinski definition) is 2. The fraction of sp³-hybridized carbons (Fsp3) is 0.0667. The molecule has 9 heteroatoms. The summed E-state index contributed by atoms with van der Waals surface area (Å²) in [6.45, 7) is 0. The smallest absolute Gasteiger partial charge is 0.269 e. The monoisotopic (exact) mass is 360 g/mol. The third kappa shape index (κ3) is 3.81. The number of aromatic nitrogens is 1.